The second-order valence-electron chi connectivity index (χ2n) is 2.82. The van der Waals surface area contributed by atoms with E-state index in [4.69, 9.17) is 10.2 Å². The molecule has 1 rings (SSSR count). The molecule has 0 aliphatic heterocycles. The van der Waals surface area contributed by atoms with Gasteiger partial charge in [0.1, 0.15) is 0 Å². The van der Waals surface area contributed by atoms with Gasteiger partial charge in [0.2, 0.25) is 0 Å². The highest BCUT2D eigenvalue weighted by Crippen LogP contribution is 2.21. The molecule has 0 unspecified atom stereocenters. The lowest BCUT2D eigenvalue weighted by Crippen LogP contribution is -2.26. The molecule has 2 atom stereocenters. The van der Waals surface area contributed by atoms with E-state index in [1.165, 1.54) is 6.08 Å². The molecule has 0 aromatic carbocycles. The minimum atomic E-state index is -0.0856. The molecule has 1 aliphatic rings. The minimum Gasteiger partial charge on any atom is -0.396 e. The molecule has 11 heavy (non-hydrogen) atoms. The van der Waals surface area contributed by atoms with E-state index < -0.39 is 0 Å². The van der Waals surface area contributed by atoms with E-state index in [2.05, 4.69) is 0 Å². The molecule has 0 spiro atoms. The predicted octanol–water partition coefficient (Wildman–Crippen LogP) is -0.268. The Morgan fingerprint density at radius 3 is 2.73 bits per heavy atom. The number of aliphatic hydroxyl groups is 2. The first-order valence-corrected chi connectivity index (χ1v) is 3.70. The molecule has 0 amide bonds. The van der Waals surface area contributed by atoms with E-state index in [9.17, 15) is 4.79 Å². The molecule has 2 N–H and O–H groups in total. The van der Waals surface area contributed by atoms with Crippen LogP contribution >= 0.6 is 0 Å². The van der Waals surface area contributed by atoms with Crippen molar-refractivity contribution < 1.29 is 15.0 Å². The minimum absolute atomic E-state index is 0.00894. The highest BCUT2D eigenvalue weighted by Gasteiger charge is 2.23. The summed E-state index contributed by atoms with van der Waals surface area (Å²) in [5.41, 5.74) is 0. The molecule has 0 bridgehead atoms. The Labute approximate surface area is 65.3 Å². The van der Waals surface area contributed by atoms with Crippen LogP contribution in [0.15, 0.2) is 12.2 Å². The monoisotopic (exact) mass is 156 g/mol. The maximum Gasteiger partial charge on any atom is 0.155 e. The summed E-state index contributed by atoms with van der Waals surface area (Å²) in [7, 11) is 0. The van der Waals surface area contributed by atoms with Gasteiger partial charge in [0.25, 0.3) is 0 Å². The lowest BCUT2D eigenvalue weighted by atomic mass is 9.84. The molecule has 3 heteroatoms. The van der Waals surface area contributed by atoms with Gasteiger partial charge in [-0.2, -0.15) is 0 Å². The summed E-state index contributed by atoms with van der Waals surface area (Å²) >= 11 is 0. The van der Waals surface area contributed by atoms with Crippen LogP contribution in [0.25, 0.3) is 0 Å². The van der Waals surface area contributed by atoms with Crippen LogP contribution in [0.3, 0.4) is 0 Å². The van der Waals surface area contributed by atoms with Gasteiger partial charge in [-0.25, -0.2) is 0 Å². The normalized spacial score (nSPS) is 30.9. The average Bonchev–Trinajstić information content (AvgIpc) is 2.04. The fraction of sp³-hybridized carbons (Fsp3) is 0.625. The van der Waals surface area contributed by atoms with Crippen LogP contribution in [0.5, 0.6) is 0 Å². The zero-order valence-corrected chi connectivity index (χ0v) is 6.23. The first-order valence-electron chi connectivity index (χ1n) is 3.70. The third-order valence-corrected chi connectivity index (χ3v) is 2.04. The Bertz CT molecular complexity index is 174. The number of hydrogen-bond acceptors (Lipinski definition) is 3. The molecular weight excluding hydrogens is 144 g/mol. The number of aliphatic hydroxyl groups excluding tert-OH is 2. The van der Waals surface area contributed by atoms with E-state index in [0.717, 1.165) is 0 Å². The van der Waals surface area contributed by atoms with Gasteiger partial charge in [0, 0.05) is 25.6 Å². The van der Waals surface area contributed by atoms with Crippen LogP contribution < -0.4 is 0 Å². The van der Waals surface area contributed by atoms with Crippen LogP contribution in [-0.2, 0) is 4.79 Å². The van der Waals surface area contributed by atoms with E-state index in [1.807, 2.05) is 0 Å². The van der Waals surface area contributed by atoms with Crippen molar-refractivity contribution >= 4 is 5.78 Å². The quantitative estimate of drug-likeness (QED) is 0.578. The Morgan fingerprint density at radius 2 is 2.18 bits per heavy atom. The summed E-state index contributed by atoms with van der Waals surface area (Å²) in [5.74, 6) is -0.0936. The molecule has 1 aliphatic carbocycles. The number of carbonyl (C=O) groups excluding carboxylic acids is 1. The van der Waals surface area contributed by atoms with Crippen LogP contribution in [0.2, 0.25) is 0 Å². The third kappa shape index (κ3) is 1.88. The smallest absolute Gasteiger partial charge is 0.155 e. The maximum absolute atomic E-state index is 10.8. The fourth-order valence-electron chi connectivity index (χ4n) is 1.28. The number of ketones is 1. The Balaban J connectivity index is 2.63. The topological polar surface area (TPSA) is 57.5 Å². The molecular formula is C8H12O3. The van der Waals surface area contributed by atoms with Crippen molar-refractivity contribution in [1.29, 1.82) is 0 Å². The SMILES string of the molecule is O=C1C=C[C@H](CO)[C@@H](CO)C1. The van der Waals surface area contributed by atoms with E-state index in [-0.39, 0.29) is 30.8 Å². The van der Waals surface area contributed by atoms with Gasteiger partial charge >= 0.3 is 0 Å². The van der Waals surface area contributed by atoms with Crippen LogP contribution in [0.1, 0.15) is 6.42 Å². The van der Waals surface area contributed by atoms with Gasteiger partial charge in [-0.1, -0.05) is 6.08 Å². The van der Waals surface area contributed by atoms with Gasteiger partial charge in [0.15, 0.2) is 5.78 Å². The third-order valence-electron chi connectivity index (χ3n) is 2.04. The Kier molecular flexibility index (Phi) is 2.79. The molecule has 0 saturated carbocycles. The number of hydrogen-bond donors (Lipinski definition) is 2. The summed E-state index contributed by atoms with van der Waals surface area (Å²) in [6.45, 7) is -0.0175. The summed E-state index contributed by atoms with van der Waals surface area (Å²) in [6.07, 6.45) is 3.51. The summed E-state index contributed by atoms with van der Waals surface area (Å²) < 4.78 is 0. The van der Waals surface area contributed by atoms with Gasteiger partial charge in [-0.15, -0.1) is 0 Å². The number of allylic oxidation sites excluding steroid dienone is 1. The van der Waals surface area contributed by atoms with Crippen molar-refractivity contribution in [3.8, 4) is 0 Å². The summed E-state index contributed by atoms with van der Waals surface area (Å²) in [6, 6.07) is 0. The molecule has 0 fully saturated rings. The molecule has 0 radical (unpaired) electrons. The zero-order valence-electron chi connectivity index (χ0n) is 6.23. The van der Waals surface area contributed by atoms with Crippen molar-refractivity contribution in [2.45, 2.75) is 6.42 Å². The van der Waals surface area contributed by atoms with E-state index in [1.54, 1.807) is 6.08 Å². The summed E-state index contributed by atoms with van der Waals surface area (Å²) in [5, 5.41) is 17.6. The zero-order chi connectivity index (χ0) is 8.27. The molecule has 0 heterocycles. The van der Waals surface area contributed by atoms with Crippen LogP contribution in [-0.4, -0.2) is 29.2 Å². The van der Waals surface area contributed by atoms with Crippen molar-refractivity contribution in [2.75, 3.05) is 13.2 Å². The first-order chi connectivity index (χ1) is 5.27. The lowest BCUT2D eigenvalue weighted by Gasteiger charge is -2.22. The lowest BCUT2D eigenvalue weighted by molar-refractivity contribution is -0.116. The largest absolute Gasteiger partial charge is 0.396 e. The van der Waals surface area contributed by atoms with Gasteiger partial charge < -0.3 is 10.2 Å². The van der Waals surface area contributed by atoms with Crippen LogP contribution in [0.4, 0.5) is 0 Å². The van der Waals surface area contributed by atoms with Crippen molar-refractivity contribution in [1.82, 2.24) is 0 Å². The van der Waals surface area contributed by atoms with Gasteiger partial charge in [-0.05, 0) is 12.0 Å². The van der Waals surface area contributed by atoms with Crippen molar-refractivity contribution in [3.05, 3.63) is 12.2 Å². The van der Waals surface area contributed by atoms with E-state index in [0.29, 0.717) is 6.42 Å². The Morgan fingerprint density at radius 1 is 1.45 bits per heavy atom. The predicted molar refractivity (Wildman–Crippen MR) is 39.9 cm³/mol. The Hall–Kier alpha value is -0.670. The average molecular weight is 156 g/mol. The molecule has 0 aromatic heterocycles. The highest BCUT2D eigenvalue weighted by molar-refractivity contribution is 5.90. The number of carbonyl (C=O) groups is 1. The second kappa shape index (κ2) is 3.64. The standard InChI is InChI=1S/C8H12O3/c9-4-6-1-2-8(11)3-7(6)5-10/h1-2,6-7,9-10H,3-5H2/t6-,7-/m1/s1. The van der Waals surface area contributed by atoms with E-state index >= 15 is 0 Å². The van der Waals surface area contributed by atoms with Crippen LogP contribution in [0, 0.1) is 11.8 Å². The number of rotatable bonds is 2. The summed E-state index contributed by atoms with van der Waals surface area (Å²) in [4.78, 5) is 10.8. The second-order valence-corrected chi connectivity index (χ2v) is 2.82. The molecule has 62 valence electrons. The first kappa shape index (κ1) is 8.43. The molecule has 3 nitrogen and oxygen atoms in total. The highest BCUT2D eigenvalue weighted by atomic mass is 16.3. The van der Waals surface area contributed by atoms with Crippen molar-refractivity contribution in [2.24, 2.45) is 11.8 Å². The maximum atomic E-state index is 10.8. The molecule has 0 aromatic rings. The van der Waals surface area contributed by atoms with Crippen molar-refractivity contribution in [3.63, 3.8) is 0 Å². The fourth-order valence-corrected chi connectivity index (χ4v) is 1.28. The van der Waals surface area contributed by atoms with Gasteiger partial charge in [-0.3, -0.25) is 4.79 Å². The molecule has 0 saturated heterocycles. The van der Waals surface area contributed by atoms with Gasteiger partial charge in [0.05, 0.1) is 0 Å².